The molecule has 2 N–H and O–H groups in total. The number of unbranched alkanes of at least 4 members (excludes halogenated alkanes) is 1. The third-order valence-electron chi connectivity index (χ3n) is 3.14. The molecule has 0 saturated carbocycles. The highest BCUT2D eigenvalue weighted by Crippen LogP contribution is 2.42. The van der Waals surface area contributed by atoms with Crippen LogP contribution in [0.15, 0.2) is 4.90 Å². The van der Waals surface area contributed by atoms with Crippen LogP contribution >= 0.6 is 11.3 Å². The van der Waals surface area contributed by atoms with E-state index in [1.165, 1.54) is 7.11 Å². The summed E-state index contributed by atoms with van der Waals surface area (Å²) in [6, 6.07) is 0. The molecule has 1 aromatic heterocycles. The number of carbonyl (C=O) groups is 1. The molecule has 21 heavy (non-hydrogen) atoms. The number of carbonyl (C=O) groups excluding carboxylic acids is 1. The van der Waals surface area contributed by atoms with Crippen molar-refractivity contribution in [2.45, 2.75) is 31.6 Å². The van der Waals surface area contributed by atoms with Gasteiger partial charge < -0.3 is 15.4 Å². The van der Waals surface area contributed by atoms with E-state index in [1.807, 2.05) is 4.90 Å². The molecule has 6 nitrogen and oxygen atoms in total. The van der Waals surface area contributed by atoms with E-state index in [0.29, 0.717) is 11.5 Å². The lowest BCUT2D eigenvalue weighted by atomic mass is 10.3. The Labute approximate surface area is 129 Å². The van der Waals surface area contributed by atoms with Gasteiger partial charge in [0.15, 0.2) is 9.84 Å². The van der Waals surface area contributed by atoms with Crippen LogP contribution in [0.3, 0.4) is 0 Å². The number of sulfone groups is 1. The zero-order valence-corrected chi connectivity index (χ0v) is 14.4. The van der Waals surface area contributed by atoms with Crippen LogP contribution in [0.2, 0.25) is 0 Å². The van der Waals surface area contributed by atoms with Gasteiger partial charge in [-0.2, -0.15) is 0 Å². The number of esters is 1. The molecule has 0 aliphatic rings. The van der Waals surface area contributed by atoms with E-state index < -0.39 is 15.8 Å². The van der Waals surface area contributed by atoms with Crippen molar-refractivity contribution in [3.63, 3.8) is 0 Å². The Hall–Kier alpha value is -1.28. The number of nitrogens with two attached hydrogens (primary N) is 1. The Balaban J connectivity index is 3.44. The summed E-state index contributed by atoms with van der Waals surface area (Å²) in [6.07, 6.45) is 1.92. The van der Waals surface area contributed by atoms with Crippen LogP contribution in [0.1, 0.15) is 36.4 Å². The lowest BCUT2D eigenvalue weighted by Crippen LogP contribution is -2.20. The van der Waals surface area contributed by atoms with Gasteiger partial charge in [0.25, 0.3) is 0 Å². The molecule has 1 aromatic rings. The Morgan fingerprint density at radius 1 is 1.38 bits per heavy atom. The van der Waals surface area contributed by atoms with E-state index in [0.717, 1.165) is 24.2 Å². The van der Waals surface area contributed by atoms with Crippen molar-refractivity contribution in [1.82, 2.24) is 0 Å². The molecule has 0 saturated heterocycles. The molecule has 1 heterocycles. The number of ether oxygens (including phenoxy) is 1. The SMILES string of the molecule is CCCCN(C)c1sc(C(=O)OC)c(N)c1S(=O)(=O)CC. The molecule has 0 atom stereocenters. The number of hydrogen-bond acceptors (Lipinski definition) is 7. The van der Waals surface area contributed by atoms with Crippen LogP contribution in [0.5, 0.6) is 0 Å². The predicted molar refractivity (Wildman–Crippen MR) is 86.0 cm³/mol. The normalized spacial score (nSPS) is 11.4. The molecule has 0 aliphatic heterocycles. The number of nitrogen functional groups attached to an aromatic ring is 1. The molecule has 0 fully saturated rings. The molecule has 0 aliphatic carbocycles. The van der Waals surface area contributed by atoms with Gasteiger partial charge in [-0.05, 0) is 6.42 Å². The van der Waals surface area contributed by atoms with Gasteiger partial charge in [0.1, 0.15) is 14.8 Å². The molecule has 120 valence electrons. The topological polar surface area (TPSA) is 89.7 Å². The summed E-state index contributed by atoms with van der Waals surface area (Å²) >= 11 is 1.07. The summed E-state index contributed by atoms with van der Waals surface area (Å²) < 4.78 is 29.3. The van der Waals surface area contributed by atoms with Gasteiger partial charge >= 0.3 is 5.97 Å². The second-order valence-corrected chi connectivity index (χ2v) is 7.86. The smallest absolute Gasteiger partial charge is 0.350 e. The zero-order valence-electron chi connectivity index (χ0n) is 12.8. The first-order valence-corrected chi connectivity index (χ1v) is 9.21. The van der Waals surface area contributed by atoms with Gasteiger partial charge in [-0.3, -0.25) is 0 Å². The van der Waals surface area contributed by atoms with Gasteiger partial charge in [0.05, 0.1) is 18.6 Å². The lowest BCUT2D eigenvalue weighted by Gasteiger charge is -2.18. The van der Waals surface area contributed by atoms with Gasteiger partial charge in [-0.15, -0.1) is 11.3 Å². The molecule has 1 rings (SSSR count). The zero-order chi connectivity index (χ0) is 16.2. The number of nitrogens with zero attached hydrogens (tertiary/aromatic N) is 1. The Bertz CT molecular complexity index is 608. The van der Waals surface area contributed by atoms with E-state index >= 15 is 0 Å². The van der Waals surface area contributed by atoms with E-state index in [9.17, 15) is 13.2 Å². The first kappa shape index (κ1) is 17.8. The van der Waals surface area contributed by atoms with Crippen molar-refractivity contribution in [1.29, 1.82) is 0 Å². The van der Waals surface area contributed by atoms with Crippen molar-refractivity contribution in [3.8, 4) is 0 Å². The third-order valence-corrected chi connectivity index (χ3v) is 6.36. The number of rotatable bonds is 7. The fraction of sp³-hybridized carbons (Fsp3) is 0.615. The molecule has 0 spiro atoms. The highest BCUT2D eigenvalue weighted by atomic mass is 32.2. The summed E-state index contributed by atoms with van der Waals surface area (Å²) in [4.78, 5) is 13.8. The van der Waals surface area contributed by atoms with Crippen molar-refractivity contribution in [2.75, 3.05) is 37.1 Å². The number of anilines is 2. The van der Waals surface area contributed by atoms with Gasteiger partial charge in [-0.1, -0.05) is 20.3 Å². The van der Waals surface area contributed by atoms with Crippen molar-refractivity contribution < 1.29 is 17.9 Å². The highest BCUT2D eigenvalue weighted by molar-refractivity contribution is 7.92. The molecule has 0 aromatic carbocycles. The average Bonchev–Trinajstić information content (AvgIpc) is 2.82. The molecule has 0 bridgehead atoms. The number of hydrogen-bond donors (Lipinski definition) is 1. The third kappa shape index (κ3) is 3.68. The molecule has 0 radical (unpaired) electrons. The Morgan fingerprint density at radius 3 is 2.48 bits per heavy atom. The van der Waals surface area contributed by atoms with Gasteiger partial charge in [0.2, 0.25) is 0 Å². The van der Waals surface area contributed by atoms with Crippen molar-refractivity contribution in [2.24, 2.45) is 0 Å². The monoisotopic (exact) mass is 334 g/mol. The Kier molecular flexibility index (Phi) is 6.03. The maximum Gasteiger partial charge on any atom is 0.350 e. The first-order valence-electron chi connectivity index (χ1n) is 6.74. The number of methoxy groups -OCH3 is 1. The lowest BCUT2D eigenvalue weighted by molar-refractivity contribution is 0.0607. The van der Waals surface area contributed by atoms with E-state index in [-0.39, 0.29) is 21.2 Å². The van der Waals surface area contributed by atoms with E-state index in [2.05, 4.69) is 11.7 Å². The van der Waals surface area contributed by atoms with Crippen LogP contribution in [0, 0.1) is 0 Å². The van der Waals surface area contributed by atoms with E-state index in [4.69, 9.17) is 5.73 Å². The highest BCUT2D eigenvalue weighted by Gasteiger charge is 2.30. The minimum Gasteiger partial charge on any atom is -0.465 e. The summed E-state index contributed by atoms with van der Waals surface area (Å²) in [6.45, 7) is 4.31. The van der Waals surface area contributed by atoms with Gasteiger partial charge in [-0.25, -0.2) is 13.2 Å². The molecule has 0 amide bonds. The molecule has 8 heteroatoms. The summed E-state index contributed by atoms with van der Waals surface area (Å²) in [5, 5.41) is 0.503. The van der Waals surface area contributed by atoms with E-state index in [1.54, 1.807) is 14.0 Å². The Morgan fingerprint density at radius 2 is 2.00 bits per heavy atom. The largest absolute Gasteiger partial charge is 0.465 e. The average molecular weight is 334 g/mol. The maximum absolute atomic E-state index is 12.3. The van der Waals surface area contributed by atoms with Crippen molar-refractivity contribution in [3.05, 3.63) is 4.88 Å². The molecular weight excluding hydrogens is 312 g/mol. The summed E-state index contributed by atoms with van der Waals surface area (Å²) in [5.74, 6) is -0.677. The van der Waals surface area contributed by atoms with Crippen LogP contribution in [-0.2, 0) is 14.6 Å². The maximum atomic E-state index is 12.3. The fourth-order valence-electron chi connectivity index (χ4n) is 1.85. The van der Waals surface area contributed by atoms with Crippen LogP contribution in [-0.4, -0.2) is 40.8 Å². The fourth-order valence-corrected chi connectivity index (χ4v) is 4.59. The van der Waals surface area contributed by atoms with Crippen LogP contribution in [0.4, 0.5) is 10.7 Å². The quantitative estimate of drug-likeness (QED) is 0.768. The molecular formula is C13H22N2O4S2. The predicted octanol–water partition coefficient (Wildman–Crippen LogP) is 2.15. The van der Waals surface area contributed by atoms with Crippen molar-refractivity contribution >= 4 is 37.8 Å². The minimum absolute atomic E-state index is 0.00736. The van der Waals surface area contributed by atoms with Crippen LogP contribution < -0.4 is 10.6 Å². The van der Waals surface area contributed by atoms with Gasteiger partial charge in [0, 0.05) is 13.6 Å². The first-order chi connectivity index (χ1) is 9.80. The molecule has 0 unspecified atom stereocenters. The second kappa shape index (κ2) is 7.13. The second-order valence-electron chi connectivity index (χ2n) is 4.65. The summed E-state index contributed by atoms with van der Waals surface area (Å²) in [5.41, 5.74) is 5.91. The standard InChI is InChI=1S/C13H22N2O4S2/c1-5-7-8-15(3)12-11(21(17,18)6-2)9(14)10(20-12)13(16)19-4/h5-8,14H2,1-4H3. The minimum atomic E-state index is -3.51. The number of thiophene rings is 1. The summed E-state index contributed by atoms with van der Waals surface area (Å²) in [7, 11) is -0.466. The van der Waals surface area contributed by atoms with Crippen LogP contribution in [0.25, 0.3) is 0 Å².